The molecule has 0 N–H and O–H groups in total. The monoisotopic (exact) mass is 1000 g/mol. The average molecular weight is 1000 g/mol. The molecule has 63 heavy (non-hydrogen) atoms. The van der Waals surface area contributed by atoms with Crippen LogP contribution in [0.1, 0.15) is 65.9 Å². The Morgan fingerprint density at radius 1 is 0.730 bits per heavy atom. The summed E-state index contributed by atoms with van der Waals surface area (Å²) in [6.07, 6.45) is 1.31. The third-order valence-electron chi connectivity index (χ3n) is 11.1. The number of para-hydroxylation sites is 2. The Bertz CT molecular complexity index is 3340. The number of halogens is 1. The van der Waals surface area contributed by atoms with Crippen LogP contribution in [0.3, 0.4) is 0 Å². The van der Waals surface area contributed by atoms with Crippen LogP contribution in [0.2, 0.25) is 0 Å². The number of imidazole rings is 1. The van der Waals surface area contributed by atoms with Crippen LogP contribution in [0.25, 0.3) is 83.6 Å². The predicted octanol–water partition coefficient (Wildman–Crippen LogP) is 14.8. The number of benzene rings is 7. The molecule has 0 spiro atoms. The molecule has 0 saturated heterocycles. The second-order valence-electron chi connectivity index (χ2n) is 15.9. The van der Waals surface area contributed by atoms with E-state index in [1.165, 1.54) is 57.8 Å². The van der Waals surface area contributed by atoms with E-state index in [1.807, 2.05) is 30.3 Å². The summed E-state index contributed by atoms with van der Waals surface area (Å²) in [5, 5.41) is 11.5. The molecule has 7 aromatic carbocycles. The Hall–Kier alpha value is -6.97. The maximum absolute atomic E-state index is 12.7. The molecular formula is C56H43FIrN4O-2. The Morgan fingerprint density at radius 2 is 1.43 bits per heavy atom. The van der Waals surface area contributed by atoms with Crippen molar-refractivity contribution in [2.45, 2.75) is 46.4 Å². The Morgan fingerprint density at radius 3 is 2.08 bits per heavy atom. The quantitative estimate of drug-likeness (QED) is 0.149. The van der Waals surface area contributed by atoms with Gasteiger partial charge in [0.25, 0.3) is 0 Å². The third kappa shape index (κ3) is 8.49. The first-order chi connectivity index (χ1) is 31.4. The predicted molar refractivity (Wildman–Crippen MR) is 250 cm³/mol. The van der Waals surface area contributed by atoms with Crippen LogP contribution in [0.5, 0.6) is 0 Å². The number of nitriles is 1. The van der Waals surface area contributed by atoms with Crippen molar-refractivity contribution in [3.05, 3.63) is 198 Å². The Balaban J connectivity index is 0.000000278. The molecule has 5 nitrogen and oxygen atoms in total. The number of hydrogen-bond donors (Lipinski definition) is 0. The van der Waals surface area contributed by atoms with Gasteiger partial charge in [0, 0.05) is 47.3 Å². The maximum Gasteiger partial charge on any atom is 0.122 e. The van der Waals surface area contributed by atoms with Gasteiger partial charge < -0.3 is 14.0 Å². The van der Waals surface area contributed by atoms with E-state index in [0.717, 1.165) is 38.9 Å². The first kappa shape index (κ1) is 38.9. The van der Waals surface area contributed by atoms with E-state index in [4.69, 9.17) is 13.5 Å². The van der Waals surface area contributed by atoms with Gasteiger partial charge >= 0.3 is 0 Å². The summed E-state index contributed by atoms with van der Waals surface area (Å²) in [5.41, 5.74) is 14.6. The van der Waals surface area contributed by atoms with Crippen LogP contribution in [0, 0.1) is 36.1 Å². The molecule has 0 aliphatic carbocycles. The standard InChI is InChI=1S/C44H34N3O.C12H9FN.Ir/c1-27(2)37-24-33(32-20-18-31(19-21-32)30-11-6-5-7-12-30)25-38(28(3)4)42(37)47-40-16-9-8-15-39(40)46-44(47)36-14-10-13-35-34-22-17-29(26-45)23-41(34)48-43(35)36;1-9-2-7-12(14-8-9)10-3-5-11(13)6-4-10;/h5-13,15-25,27-28H,1-4H3;2-3,5-8H,1H3;/q2*-1;/i;1D3;. The van der Waals surface area contributed by atoms with Crippen molar-refractivity contribution < 1.29 is 33.0 Å². The van der Waals surface area contributed by atoms with Crippen LogP contribution in [-0.2, 0) is 20.1 Å². The molecule has 311 valence electrons. The molecular weight excluding hydrogens is 956 g/mol. The SMILES string of the molecule is CC(C)c1cc(-c2ccc(-c3ccccc3)cc2)cc(C(C)C)c1-n1c(-c2[c-]ccc3c2oc2cc(C#N)ccc23)nc2ccccc21.[2H]C([2H])([2H])c1ccc(-c2[c-]cc(F)cc2)nc1.[Ir]. The van der Waals surface area contributed by atoms with Gasteiger partial charge in [-0.05, 0) is 99.7 Å². The molecule has 0 aliphatic rings. The Kier molecular flexibility index (Phi) is 11.2. The minimum atomic E-state index is -2.15. The molecule has 7 heteroatoms. The van der Waals surface area contributed by atoms with E-state index in [1.54, 1.807) is 18.2 Å². The summed E-state index contributed by atoms with van der Waals surface area (Å²) in [4.78, 5) is 9.28. The van der Waals surface area contributed by atoms with Gasteiger partial charge in [-0.1, -0.05) is 124 Å². The van der Waals surface area contributed by atoms with Crippen LogP contribution in [-0.4, -0.2) is 14.5 Å². The topological polar surface area (TPSA) is 67.6 Å². The van der Waals surface area contributed by atoms with E-state index >= 15 is 0 Å². The average Bonchev–Trinajstić information content (AvgIpc) is 3.90. The van der Waals surface area contributed by atoms with E-state index in [9.17, 15) is 9.65 Å². The summed E-state index contributed by atoms with van der Waals surface area (Å²) in [5.74, 6) is 0.897. The van der Waals surface area contributed by atoms with Gasteiger partial charge in [0.15, 0.2) is 0 Å². The maximum atomic E-state index is 12.7. The van der Waals surface area contributed by atoms with Gasteiger partial charge in [-0.2, -0.15) is 5.26 Å². The molecule has 0 atom stereocenters. The number of furan rings is 1. The number of aromatic nitrogens is 3. The van der Waals surface area contributed by atoms with Crippen molar-refractivity contribution in [1.82, 2.24) is 14.5 Å². The molecule has 3 heterocycles. The van der Waals surface area contributed by atoms with Gasteiger partial charge in [0.1, 0.15) is 5.58 Å². The summed E-state index contributed by atoms with van der Waals surface area (Å²) < 4.78 is 43.2. The summed E-state index contributed by atoms with van der Waals surface area (Å²) in [7, 11) is 0. The van der Waals surface area contributed by atoms with Gasteiger partial charge in [-0.25, -0.2) is 0 Å². The fourth-order valence-electron chi connectivity index (χ4n) is 7.99. The van der Waals surface area contributed by atoms with E-state index in [-0.39, 0.29) is 43.3 Å². The summed E-state index contributed by atoms with van der Waals surface area (Å²) >= 11 is 0. The number of aryl methyl sites for hydroxylation is 1. The number of hydrogen-bond acceptors (Lipinski definition) is 4. The molecule has 10 rings (SSSR count). The molecule has 0 amide bonds. The van der Waals surface area contributed by atoms with Crippen LogP contribution >= 0.6 is 0 Å². The minimum absolute atomic E-state index is 0. The fraction of sp³-hybridized carbons (Fsp3) is 0.125. The number of fused-ring (bicyclic) bond motifs is 4. The van der Waals surface area contributed by atoms with Crippen molar-refractivity contribution >= 4 is 33.0 Å². The fourth-order valence-corrected chi connectivity index (χ4v) is 7.99. The van der Waals surface area contributed by atoms with E-state index in [0.29, 0.717) is 28.0 Å². The number of nitrogens with zero attached hydrogens (tertiary/aromatic N) is 4. The molecule has 0 saturated carbocycles. The smallest absolute Gasteiger partial charge is 0.122 e. The number of rotatable bonds is 7. The van der Waals surface area contributed by atoms with E-state index in [2.05, 4.69) is 140 Å². The van der Waals surface area contributed by atoms with Crippen molar-refractivity contribution in [3.8, 4) is 56.7 Å². The molecule has 1 radical (unpaired) electrons. The molecule has 0 aliphatic heterocycles. The van der Waals surface area contributed by atoms with Crippen molar-refractivity contribution in [2.75, 3.05) is 0 Å². The summed E-state index contributed by atoms with van der Waals surface area (Å²) in [6, 6.07) is 57.7. The zero-order valence-electron chi connectivity index (χ0n) is 38.1. The zero-order chi connectivity index (χ0) is 45.4. The third-order valence-corrected chi connectivity index (χ3v) is 11.1. The molecule has 0 unspecified atom stereocenters. The number of pyridine rings is 1. The molecule has 0 bridgehead atoms. The summed E-state index contributed by atoms with van der Waals surface area (Å²) in [6.45, 7) is 6.91. The molecule has 10 aromatic rings. The van der Waals surface area contributed by atoms with Crippen molar-refractivity contribution in [1.29, 1.82) is 5.26 Å². The molecule has 3 aromatic heterocycles. The Labute approximate surface area is 385 Å². The first-order valence-electron chi connectivity index (χ1n) is 22.1. The minimum Gasteiger partial charge on any atom is -0.500 e. The van der Waals surface area contributed by atoms with Crippen molar-refractivity contribution in [3.63, 3.8) is 0 Å². The first-order valence-corrected chi connectivity index (χ1v) is 20.6. The van der Waals surface area contributed by atoms with Gasteiger partial charge in [0.2, 0.25) is 0 Å². The largest absolute Gasteiger partial charge is 0.500 e. The second-order valence-corrected chi connectivity index (χ2v) is 15.9. The normalized spacial score (nSPS) is 12.1. The molecule has 0 fully saturated rings. The van der Waals surface area contributed by atoms with E-state index < -0.39 is 6.85 Å². The zero-order valence-corrected chi connectivity index (χ0v) is 37.5. The van der Waals surface area contributed by atoms with Crippen LogP contribution in [0.4, 0.5) is 4.39 Å². The van der Waals surface area contributed by atoms with Gasteiger partial charge in [-0.15, -0.1) is 48.0 Å². The van der Waals surface area contributed by atoms with Gasteiger partial charge in [-0.3, -0.25) is 9.37 Å². The van der Waals surface area contributed by atoms with Crippen molar-refractivity contribution in [2.24, 2.45) is 0 Å². The second kappa shape index (κ2) is 18.2. The van der Waals surface area contributed by atoms with Gasteiger partial charge in [0.05, 0.1) is 34.1 Å². The van der Waals surface area contributed by atoms with Crippen LogP contribution in [0.15, 0.2) is 162 Å². The van der Waals surface area contributed by atoms with Crippen LogP contribution < -0.4 is 0 Å².